The van der Waals surface area contributed by atoms with Crippen LogP contribution in [0.4, 0.5) is 5.82 Å². The second-order valence-corrected chi connectivity index (χ2v) is 6.33. The number of pyridine rings is 1. The van der Waals surface area contributed by atoms with Gasteiger partial charge in [-0.2, -0.15) is 0 Å². The number of piperazine rings is 1. The molecule has 0 aliphatic carbocycles. The van der Waals surface area contributed by atoms with Crippen molar-refractivity contribution >= 4 is 16.9 Å². The first-order valence-corrected chi connectivity index (χ1v) is 8.47. The fraction of sp³-hybridized carbons (Fsp3) is 0.389. The van der Waals surface area contributed by atoms with E-state index in [1.807, 2.05) is 30.1 Å². The first kappa shape index (κ1) is 15.8. The van der Waals surface area contributed by atoms with Crippen LogP contribution in [0, 0.1) is 0 Å². The van der Waals surface area contributed by atoms with E-state index in [1.54, 1.807) is 13.4 Å². The van der Waals surface area contributed by atoms with Crippen LogP contribution in [-0.2, 0) is 13.6 Å². The molecule has 1 fully saturated rings. The normalized spacial score (nSPS) is 15.7. The van der Waals surface area contributed by atoms with E-state index >= 15 is 0 Å². The van der Waals surface area contributed by atoms with Crippen molar-refractivity contribution in [2.75, 3.05) is 38.2 Å². The topological polar surface area (TPSA) is 59.3 Å². The summed E-state index contributed by atoms with van der Waals surface area (Å²) in [6.07, 6.45) is 5.59. The van der Waals surface area contributed by atoms with Crippen LogP contribution in [0.3, 0.4) is 0 Å². The van der Waals surface area contributed by atoms with Crippen LogP contribution in [0.2, 0.25) is 0 Å². The molecule has 0 atom stereocenters. The largest absolute Gasteiger partial charge is 0.481 e. The molecular weight excluding hydrogens is 316 g/mol. The van der Waals surface area contributed by atoms with E-state index in [4.69, 9.17) is 4.74 Å². The van der Waals surface area contributed by atoms with Crippen molar-refractivity contribution in [3.63, 3.8) is 0 Å². The standard InChI is InChI=1S/C18H22N6O/c1-22-6-5-15-17(22)20-13-21-18(15)24-9-7-23(8-10-24)12-14-3-4-16(25-2)19-11-14/h3-6,11,13H,7-10,12H2,1-2H3. The van der Waals surface area contributed by atoms with Crippen molar-refractivity contribution < 1.29 is 4.74 Å². The first-order valence-electron chi connectivity index (χ1n) is 8.47. The smallest absolute Gasteiger partial charge is 0.212 e. The molecule has 3 aromatic rings. The summed E-state index contributed by atoms with van der Waals surface area (Å²) in [5, 5.41) is 1.12. The molecule has 1 aliphatic rings. The van der Waals surface area contributed by atoms with E-state index in [1.165, 1.54) is 5.56 Å². The molecule has 0 N–H and O–H groups in total. The van der Waals surface area contributed by atoms with E-state index in [9.17, 15) is 0 Å². The van der Waals surface area contributed by atoms with Crippen molar-refractivity contribution in [1.29, 1.82) is 0 Å². The highest BCUT2D eigenvalue weighted by molar-refractivity contribution is 5.87. The minimum atomic E-state index is 0.657. The molecule has 1 aliphatic heterocycles. The van der Waals surface area contributed by atoms with Crippen molar-refractivity contribution in [3.05, 3.63) is 42.5 Å². The van der Waals surface area contributed by atoms with Gasteiger partial charge in [-0.15, -0.1) is 0 Å². The fourth-order valence-electron chi connectivity index (χ4n) is 3.32. The zero-order valence-electron chi connectivity index (χ0n) is 14.6. The minimum absolute atomic E-state index is 0.657. The molecule has 4 heterocycles. The molecule has 4 rings (SSSR count). The molecule has 1 saturated heterocycles. The summed E-state index contributed by atoms with van der Waals surface area (Å²) < 4.78 is 7.15. The minimum Gasteiger partial charge on any atom is -0.481 e. The van der Waals surface area contributed by atoms with Crippen molar-refractivity contribution in [3.8, 4) is 5.88 Å². The maximum atomic E-state index is 5.11. The number of ether oxygens (including phenoxy) is 1. The lowest BCUT2D eigenvalue weighted by molar-refractivity contribution is 0.249. The number of aromatic nitrogens is 4. The van der Waals surface area contributed by atoms with Gasteiger partial charge in [-0.1, -0.05) is 6.07 Å². The van der Waals surface area contributed by atoms with Gasteiger partial charge < -0.3 is 14.2 Å². The molecule has 7 nitrogen and oxygen atoms in total. The van der Waals surface area contributed by atoms with Crippen molar-refractivity contribution in [2.45, 2.75) is 6.54 Å². The van der Waals surface area contributed by atoms with Gasteiger partial charge in [-0.3, -0.25) is 4.90 Å². The van der Waals surface area contributed by atoms with Crippen molar-refractivity contribution in [1.82, 2.24) is 24.4 Å². The van der Waals surface area contributed by atoms with Crippen LogP contribution < -0.4 is 9.64 Å². The fourth-order valence-corrected chi connectivity index (χ4v) is 3.32. The molecule has 7 heteroatoms. The van der Waals surface area contributed by atoms with Gasteiger partial charge in [0.2, 0.25) is 5.88 Å². The average molecular weight is 338 g/mol. The number of aryl methyl sites for hydroxylation is 1. The lowest BCUT2D eigenvalue weighted by Gasteiger charge is -2.35. The van der Waals surface area contributed by atoms with Gasteiger partial charge in [0.15, 0.2) is 0 Å². The van der Waals surface area contributed by atoms with Crippen LogP contribution in [0.1, 0.15) is 5.56 Å². The summed E-state index contributed by atoms with van der Waals surface area (Å²) in [5.41, 5.74) is 2.19. The number of rotatable bonds is 4. The third-order valence-electron chi connectivity index (χ3n) is 4.73. The summed E-state index contributed by atoms with van der Waals surface area (Å²) in [6.45, 7) is 4.85. The maximum absolute atomic E-state index is 5.11. The Morgan fingerprint density at radius 1 is 1.04 bits per heavy atom. The zero-order chi connectivity index (χ0) is 17.2. The SMILES string of the molecule is COc1ccc(CN2CCN(c3ncnc4c3ccn4C)CC2)cn1. The number of hydrogen-bond donors (Lipinski definition) is 0. The maximum Gasteiger partial charge on any atom is 0.212 e. The Labute approximate surface area is 146 Å². The van der Waals surface area contributed by atoms with Crippen LogP contribution in [0.5, 0.6) is 5.88 Å². The van der Waals surface area contributed by atoms with Crippen molar-refractivity contribution in [2.24, 2.45) is 7.05 Å². The molecule has 130 valence electrons. The predicted molar refractivity (Wildman–Crippen MR) is 96.8 cm³/mol. The van der Waals surface area contributed by atoms with Crippen LogP contribution in [-0.4, -0.2) is 57.7 Å². The summed E-state index contributed by atoms with van der Waals surface area (Å²) in [5.74, 6) is 1.69. The summed E-state index contributed by atoms with van der Waals surface area (Å²) in [6, 6.07) is 6.09. The monoisotopic (exact) mass is 338 g/mol. The molecular formula is C18H22N6O. The Morgan fingerprint density at radius 3 is 2.60 bits per heavy atom. The Kier molecular flexibility index (Phi) is 4.23. The molecule has 0 bridgehead atoms. The molecule has 25 heavy (non-hydrogen) atoms. The zero-order valence-corrected chi connectivity index (χ0v) is 14.6. The van der Waals surface area contributed by atoms with E-state index < -0.39 is 0 Å². The van der Waals surface area contributed by atoms with Crippen LogP contribution in [0.25, 0.3) is 11.0 Å². The van der Waals surface area contributed by atoms with Gasteiger partial charge in [-0.25, -0.2) is 15.0 Å². The predicted octanol–water partition coefficient (Wildman–Crippen LogP) is 1.69. The lowest BCUT2D eigenvalue weighted by Crippen LogP contribution is -2.46. The Morgan fingerprint density at radius 2 is 1.88 bits per heavy atom. The van der Waals surface area contributed by atoms with Gasteiger partial charge in [-0.05, 0) is 11.6 Å². The number of methoxy groups -OCH3 is 1. The highest BCUT2D eigenvalue weighted by Crippen LogP contribution is 2.24. The number of hydrogen-bond acceptors (Lipinski definition) is 6. The highest BCUT2D eigenvalue weighted by atomic mass is 16.5. The molecule has 0 saturated carbocycles. The van der Waals surface area contributed by atoms with Crippen LogP contribution in [0.15, 0.2) is 36.9 Å². The Bertz CT molecular complexity index is 852. The number of nitrogens with zero attached hydrogens (tertiary/aromatic N) is 6. The third kappa shape index (κ3) is 3.15. The summed E-state index contributed by atoms with van der Waals surface area (Å²) in [7, 11) is 3.65. The highest BCUT2D eigenvalue weighted by Gasteiger charge is 2.20. The van der Waals surface area contributed by atoms with E-state index in [-0.39, 0.29) is 0 Å². The van der Waals surface area contributed by atoms with Gasteiger partial charge >= 0.3 is 0 Å². The summed E-state index contributed by atoms with van der Waals surface area (Å²) >= 11 is 0. The summed E-state index contributed by atoms with van der Waals surface area (Å²) in [4.78, 5) is 18.0. The molecule has 0 radical (unpaired) electrons. The Balaban J connectivity index is 1.42. The Hall–Kier alpha value is -2.67. The molecule has 3 aromatic heterocycles. The second kappa shape index (κ2) is 6.68. The molecule has 0 unspecified atom stereocenters. The lowest BCUT2D eigenvalue weighted by atomic mass is 10.2. The first-order chi connectivity index (χ1) is 12.2. The quantitative estimate of drug-likeness (QED) is 0.722. The van der Waals surface area contributed by atoms with Gasteiger partial charge in [0.05, 0.1) is 12.5 Å². The molecule has 0 spiro atoms. The van der Waals surface area contributed by atoms with E-state index in [0.29, 0.717) is 5.88 Å². The number of anilines is 1. The van der Waals surface area contributed by atoms with Gasteiger partial charge in [0, 0.05) is 58.2 Å². The van der Waals surface area contributed by atoms with Crippen LogP contribution >= 0.6 is 0 Å². The van der Waals surface area contributed by atoms with Gasteiger partial charge in [0.25, 0.3) is 0 Å². The number of fused-ring (bicyclic) bond motifs is 1. The molecule has 0 amide bonds. The van der Waals surface area contributed by atoms with E-state index in [0.717, 1.165) is 49.6 Å². The van der Waals surface area contributed by atoms with E-state index in [2.05, 4.69) is 36.9 Å². The second-order valence-electron chi connectivity index (χ2n) is 6.33. The third-order valence-corrected chi connectivity index (χ3v) is 4.73. The molecule has 0 aromatic carbocycles. The average Bonchev–Trinajstić information content (AvgIpc) is 3.04. The van der Waals surface area contributed by atoms with Gasteiger partial charge in [0.1, 0.15) is 17.8 Å².